The fourth-order valence-corrected chi connectivity index (χ4v) is 3.89. The van der Waals surface area contributed by atoms with E-state index in [1.54, 1.807) is 0 Å². The van der Waals surface area contributed by atoms with Crippen LogP contribution < -0.4 is 4.98 Å². The third-order valence-corrected chi connectivity index (χ3v) is 5.14. The number of para-hydroxylation sites is 1. The number of benzene rings is 4. The van der Waals surface area contributed by atoms with E-state index in [-0.39, 0.29) is 0 Å². The Balaban J connectivity index is 1.97. The smallest absolute Gasteiger partial charge is 0.204 e. The van der Waals surface area contributed by atoms with Crippen LogP contribution in [0.25, 0.3) is 44.4 Å². The monoisotopic (exact) mass is 358 g/mol. The Morgan fingerprint density at radius 2 is 0.857 bits per heavy atom. The molecule has 1 aromatic heterocycles. The van der Waals surface area contributed by atoms with Crippen LogP contribution in [-0.4, -0.2) is 0 Å². The zero-order chi connectivity index (χ0) is 18.8. The third-order valence-electron chi connectivity index (χ3n) is 5.14. The zero-order valence-electron chi connectivity index (χ0n) is 15.5. The van der Waals surface area contributed by atoms with Crippen molar-refractivity contribution in [3.8, 4) is 33.5 Å². The van der Waals surface area contributed by atoms with Crippen molar-refractivity contribution in [1.29, 1.82) is 0 Å². The number of hydrogen-bond acceptors (Lipinski definition) is 0. The van der Waals surface area contributed by atoms with Crippen molar-refractivity contribution in [2.75, 3.05) is 0 Å². The molecule has 5 aromatic rings. The highest BCUT2D eigenvalue weighted by atomic mass is 14.7. The Morgan fingerprint density at radius 1 is 0.393 bits per heavy atom. The first-order valence-corrected chi connectivity index (χ1v) is 9.56. The second-order valence-electron chi connectivity index (χ2n) is 6.89. The first-order chi connectivity index (χ1) is 13.9. The van der Waals surface area contributed by atoms with E-state index in [9.17, 15) is 0 Å². The first-order valence-electron chi connectivity index (χ1n) is 9.56. The van der Waals surface area contributed by atoms with Gasteiger partial charge in [0.2, 0.25) is 11.2 Å². The molecule has 132 valence electrons. The van der Waals surface area contributed by atoms with Crippen LogP contribution in [0.3, 0.4) is 0 Å². The molecule has 1 heterocycles. The lowest BCUT2D eigenvalue weighted by atomic mass is 9.88. The van der Waals surface area contributed by atoms with E-state index in [1.165, 1.54) is 33.2 Å². The van der Waals surface area contributed by atoms with E-state index < -0.39 is 0 Å². The number of aromatic nitrogens is 1. The molecule has 0 radical (unpaired) electrons. The first kappa shape index (κ1) is 16.5. The highest BCUT2D eigenvalue weighted by molar-refractivity contribution is 6.04. The second kappa shape index (κ2) is 7.13. The topological polar surface area (TPSA) is 14.1 Å². The summed E-state index contributed by atoms with van der Waals surface area (Å²) in [5.41, 5.74) is 8.40. The maximum atomic E-state index is 3.72. The van der Waals surface area contributed by atoms with Crippen molar-refractivity contribution < 1.29 is 4.98 Å². The van der Waals surface area contributed by atoms with Crippen LogP contribution in [0.1, 0.15) is 0 Å². The molecule has 1 N–H and O–H groups in total. The van der Waals surface area contributed by atoms with E-state index in [1.807, 2.05) is 0 Å². The van der Waals surface area contributed by atoms with Gasteiger partial charge in [-0.2, -0.15) is 0 Å². The number of pyridine rings is 1. The molecule has 0 aliphatic heterocycles. The average molecular weight is 358 g/mol. The number of aromatic amines is 1. The quantitative estimate of drug-likeness (QED) is 0.343. The molecular formula is C27H20N+. The summed E-state index contributed by atoms with van der Waals surface area (Å²) in [4.78, 5) is 3.72. The molecule has 0 bridgehead atoms. The maximum absolute atomic E-state index is 3.72. The van der Waals surface area contributed by atoms with Gasteiger partial charge in [-0.1, -0.05) is 91.0 Å². The van der Waals surface area contributed by atoms with Crippen LogP contribution in [0.15, 0.2) is 115 Å². The van der Waals surface area contributed by atoms with Gasteiger partial charge in [0.05, 0.1) is 10.9 Å². The van der Waals surface area contributed by atoms with Gasteiger partial charge in [0, 0.05) is 17.2 Å². The molecule has 0 spiro atoms. The van der Waals surface area contributed by atoms with E-state index in [0.717, 1.165) is 11.2 Å². The maximum Gasteiger partial charge on any atom is 0.219 e. The second-order valence-corrected chi connectivity index (χ2v) is 6.89. The number of nitrogens with one attached hydrogen (secondary N) is 1. The molecule has 0 aliphatic rings. The molecule has 28 heavy (non-hydrogen) atoms. The highest BCUT2D eigenvalue weighted by Crippen LogP contribution is 2.41. The predicted molar refractivity (Wildman–Crippen MR) is 117 cm³/mol. The molecule has 0 saturated carbocycles. The van der Waals surface area contributed by atoms with Gasteiger partial charge >= 0.3 is 0 Å². The van der Waals surface area contributed by atoms with Crippen LogP contribution in [0, 0.1) is 0 Å². The molecule has 0 amide bonds. The minimum absolute atomic E-state index is 1.14. The minimum Gasteiger partial charge on any atom is -0.204 e. The van der Waals surface area contributed by atoms with Gasteiger partial charge in [-0.3, -0.25) is 0 Å². The van der Waals surface area contributed by atoms with Crippen molar-refractivity contribution >= 4 is 10.9 Å². The summed E-state index contributed by atoms with van der Waals surface area (Å²) in [6.45, 7) is 0. The molecule has 0 unspecified atom stereocenters. The van der Waals surface area contributed by atoms with Crippen molar-refractivity contribution in [3.05, 3.63) is 115 Å². The van der Waals surface area contributed by atoms with Crippen molar-refractivity contribution in [2.24, 2.45) is 0 Å². The van der Waals surface area contributed by atoms with Crippen LogP contribution in [0.4, 0.5) is 0 Å². The SMILES string of the molecule is c1ccc(-c2[nH+]c3ccccc3c(-c3ccccc3)c2-c2ccccc2)cc1. The summed E-state index contributed by atoms with van der Waals surface area (Å²) in [5, 5.41) is 1.23. The lowest BCUT2D eigenvalue weighted by Gasteiger charge is -2.14. The Morgan fingerprint density at radius 3 is 1.46 bits per heavy atom. The van der Waals surface area contributed by atoms with Gasteiger partial charge in [0.25, 0.3) is 0 Å². The van der Waals surface area contributed by atoms with Crippen LogP contribution >= 0.6 is 0 Å². The summed E-state index contributed by atoms with van der Waals surface area (Å²) < 4.78 is 0. The van der Waals surface area contributed by atoms with Crippen LogP contribution in [0.2, 0.25) is 0 Å². The molecular weight excluding hydrogens is 338 g/mol. The Kier molecular flexibility index (Phi) is 4.19. The number of H-pyrrole nitrogens is 1. The Hall–Kier alpha value is -3.71. The molecule has 5 rings (SSSR count). The van der Waals surface area contributed by atoms with Gasteiger partial charge in [0.15, 0.2) is 0 Å². The van der Waals surface area contributed by atoms with Crippen molar-refractivity contribution in [1.82, 2.24) is 0 Å². The van der Waals surface area contributed by atoms with Crippen LogP contribution in [-0.2, 0) is 0 Å². The zero-order valence-corrected chi connectivity index (χ0v) is 15.5. The lowest BCUT2D eigenvalue weighted by molar-refractivity contribution is -0.330. The van der Waals surface area contributed by atoms with Crippen molar-refractivity contribution in [3.63, 3.8) is 0 Å². The third kappa shape index (κ3) is 2.87. The molecule has 0 atom stereocenters. The summed E-state index contributed by atoms with van der Waals surface area (Å²) in [6, 6.07) is 40.5. The fourth-order valence-electron chi connectivity index (χ4n) is 3.89. The predicted octanol–water partition coefficient (Wildman–Crippen LogP) is 6.65. The average Bonchev–Trinajstić information content (AvgIpc) is 2.79. The van der Waals surface area contributed by atoms with Gasteiger partial charge in [-0.05, 0) is 29.3 Å². The lowest BCUT2D eigenvalue weighted by Crippen LogP contribution is -2.12. The van der Waals surface area contributed by atoms with E-state index in [2.05, 4.69) is 120 Å². The Labute approximate surface area is 165 Å². The number of fused-ring (bicyclic) bond motifs is 1. The summed E-state index contributed by atoms with van der Waals surface area (Å²) in [7, 11) is 0. The Bertz CT molecular complexity index is 1230. The summed E-state index contributed by atoms with van der Waals surface area (Å²) in [5.74, 6) is 0. The van der Waals surface area contributed by atoms with E-state index in [0.29, 0.717) is 0 Å². The van der Waals surface area contributed by atoms with Gasteiger partial charge in [0.1, 0.15) is 0 Å². The van der Waals surface area contributed by atoms with E-state index >= 15 is 0 Å². The van der Waals surface area contributed by atoms with E-state index in [4.69, 9.17) is 0 Å². The molecule has 0 saturated heterocycles. The standard InChI is InChI=1S/C27H19N/c1-4-12-20(13-5-1)25-23-18-10-11-19-24(23)28-27(22-16-8-3-9-17-22)26(25)21-14-6-2-7-15-21/h1-19H/p+1. The molecule has 4 aromatic carbocycles. The largest absolute Gasteiger partial charge is 0.219 e. The number of hydrogen-bond donors (Lipinski definition) is 0. The molecule has 1 heteroatoms. The number of rotatable bonds is 3. The normalized spacial score (nSPS) is 10.9. The molecule has 0 aliphatic carbocycles. The van der Waals surface area contributed by atoms with Gasteiger partial charge in [-0.15, -0.1) is 0 Å². The highest BCUT2D eigenvalue weighted by Gasteiger charge is 2.23. The fraction of sp³-hybridized carbons (Fsp3) is 0. The minimum atomic E-state index is 1.14. The summed E-state index contributed by atoms with van der Waals surface area (Å²) >= 11 is 0. The van der Waals surface area contributed by atoms with Crippen molar-refractivity contribution in [2.45, 2.75) is 0 Å². The molecule has 0 fully saturated rings. The van der Waals surface area contributed by atoms with Gasteiger partial charge < -0.3 is 0 Å². The van der Waals surface area contributed by atoms with Gasteiger partial charge in [-0.25, -0.2) is 4.98 Å². The summed E-state index contributed by atoms with van der Waals surface area (Å²) in [6.07, 6.45) is 0. The van der Waals surface area contributed by atoms with Crippen LogP contribution in [0.5, 0.6) is 0 Å². The molecule has 1 nitrogen and oxygen atoms in total.